The van der Waals surface area contributed by atoms with E-state index in [0.29, 0.717) is 19.0 Å². The lowest BCUT2D eigenvalue weighted by Gasteiger charge is -2.15. The van der Waals surface area contributed by atoms with Gasteiger partial charge in [0.15, 0.2) is 0 Å². The minimum absolute atomic E-state index is 0.235. The zero-order chi connectivity index (χ0) is 11.7. The molecule has 0 spiro atoms. The Morgan fingerprint density at radius 3 is 2.27 bits per heavy atom. The Morgan fingerprint density at radius 1 is 1.13 bits per heavy atom. The molecule has 1 nitrogen and oxygen atoms in total. The summed E-state index contributed by atoms with van der Waals surface area (Å²) < 4.78 is 35.4. The molecule has 0 aromatic carbocycles. The molecular formula is C11H22F3N. The molecule has 0 aliphatic rings. The second kappa shape index (κ2) is 7.97. The molecule has 0 aliphatic heterocycles. The van der Waals surface area contributed by atoms with Gasteiger partial charge in [0.1, 0.15) is 0 Å². The van der Waals surface area contributed by atoms with E-state index in [1.807, 2.05) is 0 Å². The van der Waals surface area contributed by atoms with Crippen molar-refractivity contribution in [2.24, 2.45) is 0 Å². The van der Waals surface area contributed by atoms with E-state index < -0.39 is 12.6 Å². The largest absolute Gasteiger partial charge is 0.389 e. The predicted molar refractivity (Wildman–Crippen MR) is 56.9 cm³/mol. The second-order valence-electron chi connectivity index (χ2n) is 3.92. The fraction of sp³-hybridized carbons (Fsp3) is 1.00. The summed E-state index contributed by atoms with van der Waals surface area (Å²) >= 11 is 0. The van der Waals surface area contributed by atoms with E-state index in [9.17, 15) is 13.2 Å². The van der Waals surface area contributed by atoms with E-state index >= 15 is 0 Å². The third-order valence-corrected chi connectivity index (χ3v) is 2.45. The summed E-state index contributed by atoms with van der Waals surface area (Å²) in [5.41, 5.74) is 0. The first-order valence-electron chi connectivity index (χ1n) is 5.79. The van der Waals surface area contributed by atoms with Crippen molar-refractivity contribution in [1.82, 2.24) is 5.32 Å². The highest BCUT2D eigenvalue weighted by molar-refractivity contribution is 4.64. The average molecular weight is 225 g/mol. The number of alkyl halides is 3. The van der Waals surface area contributed by atoms with E-state index in [1.54, 1.807) is 0 Å². The third-order valence-electron chi connectivity index (χ3n) is 2.45. The number of rotatable bonds is 8. The third kappa shape index (κ3) is 10.0. The molecule has 0 aromatic rings. The van der Waals surface area contributed by atoms with Crippen LogP contribution in [0.1, 0.15) is 52.4 Å². The Hall–Kier alpha value is -0.250. The Labute approximate surface area is 90.4 Å². The van der Waals surface area contributed by atoms with Crippen molar-refractivity contribution >= 4 is 0 Å². The lowest BCUT2D eigenvalue weighted by atomic mass is 10.1. The molecule has 0 radical (unpaired) electrons. The summed E-state index contributed by atoms with van der Waals surface area (Å²) in [6.07, 6.45) is -0.525. The first-order valence-corrected chi connectivity index (χ1v) is 5.79. The summed E-state index contributed by atoms with van der Waals surface area (Å²) in [6.45, 7) is 4.92. The summed E-state index contributed by atoms with van der Waals surface area (Å²) in [6, 6.07) is 0.473. The van der Waals surface area contributed by atoms with Gasteiger partial charge in [0.05, 0.1) is 0 Å². The Balaban J connectivity index is 3.36. The molecule has 0 saturated carbocycles. The van der Waals surface area contributed by atoms with Gasteiger partial charge in [-0.3, -0.25) is 0 Å². The molecule has 0 saturated heterocycles. The highest BCUT2D eigenvalue weighted by Gasteiger charge is 2.25. The van der Waals surface area contributed by atoms with Crippen LogP contribution < -0.4 is 5.32 Å². The smallest absolute Gasteiger partial charge is 0.314 e. The number of unbranched alkanes of at least 4 members (excludes halogenated alkanes) is 1. The zero-order valence-electron chi connectivity index (χ0n) is 9.66. The molecule has 1 atom stereocenters. The molecule has 0 fully saturated rings. The van der Waals surface area contributed by atoms with E-state index in [1.165, 1.54) is 0 Å². The van der Waals surface area contributed by atoms with Gasteiger partial charge >= 0.3 is 6.18 Å². The summed E-state index contributed by atoms with van der Waals surface area (Å²) in [5.74, 6) is 0. The summed E-state index contributed by atoms with van der Waals surface area (Å²) in [7, 11) is 0. The van der Waals surface area contributed by atoms with Gasteiger partial charge in [0.25, 0.3) is 0 Å². The molecule has 0 aromatic heterocycles. The molecule has 4 heteroatoms. The van der Waals surface area contributed by atoms with Gasteiger partial charge in [-0.2, -0.15) is 13.2 Å². The maximum Gasteiger partial charge on any atom is 0.389 e. The van der Waals surface area contributed by atoms with Crippen molar-refractivity contribution in [3.05, 3.63) is 0 Å². The van der Waals surface area contributed by atoms with Gasteiger partial charge in [0, 0.05) is 12.5 Å². The molecule has 0 amide bonds. The zero-order valence-corrected chi connectivity index (χ0v) is 9.66. The maximum absolute atomic E-state index is 11.8. The standard InChI is InChI=1S/C11H22F3N/c1-3-7-10(4-2)15-9-6-5-8-11(12,13)14/h10,15H,3-9H2,1-2H3. The van der Waals surface area contributed by atoms with Crippen molar-refractivity contribution in [2.45, 2.75) is 64.6 Å². The number of hydrogen-bond donors (Lipinski definition) is 1. The molecule has 92 valence electrons. The van der Waals surface area contributed by atoms with Gasteiger partial charge in [-0.15, -0.1) is 0 Å². The van der Waals surface area contributed by atoms with Crippen molar-refractivity contribution in [2.75, 3.05) is 6.54 Å². The maximum atomic E-state index is 11.8. The monoisotopic (exact) mass is 225 g/mol. The van der Waals surface area contributed by atoms with Crippen LogP contribution in [0.15, 0.2) is 0 Å². The van der Waals surface area contributed by atoms with Gasteiger partial charge in [-0.25, -0.2) is 0 Å². The highest BCUT2D eigenvalue weighted by atomic mass is 19.4. The lowest BCUT2D eigenvalue weighted by Crippen LogP contribution is -2.29. The topological polar surface area (TPSA) is 12.0 Å². The van der Waals surface area contributed by atoms with E-state index in [2.05, 4.69) is 19.2 Å². The SMILES string of the molecule is CCCC(CC)NCCCCC(F)(F)F. The first kappa shape index (κ1) is 14.8. The molecule has 0 bridgehead atoms. The van der Waals surface area contributed by atoms with E-state index in [-0.39, 0.29) is 6.42 Å². The van der Waals surface area contributed by atoms with Crippen LogP contribution in [0.5, 0.6) is 0 Å². The van der Waals surface area contributed by atoms with Gasteiger partial charge in [-0.1, -0.05) is 20.3 Å². The average Bonchev–Trinajstić information content (AvgIpc) is 2.14. The molecule has 15 heavy (non-hydrogen) atoms. The minimum atomic E-state index is -3.99. The quantitative estimate of drug-likeness (QED) is 0.618. The normalized spacial score (nSPS) is 14.2. The van der Waals surface area contributed by atoms with Crippen molar-refractivity contribution in [3.8, 4) is 0 Å². The van der Waals surface area contributed by atoms with Crippen LogP contribution in [0.2, 0.25) is 0 Å². The fourth-order valence-corrected chi connectivity index (χ4v) is 1.56. The van der Waals surface area contributed by atoms with Crippen LogP contribution in [0, 0.1) is 0 Å². The Morgan fingerprint density at radius 2 is 1.80 bits per heavy atom. The highest BCUT2D eigenvalue weighted by Crippen LogP contribution is 2.21. The lowest BCUT2D eigenvalue weighted by molar-refractivity contribution is -0.135. The minimum Gasteiger partial charge on any atom is -0.314 e. The number of nitrogens with one attached hydrogen (secondary N) is 1. The van der Waals surface area contributed by atoms with Crippen molar-refractivity contribution in [1.29, 1.82) is 0 Å². The van der Waals surface area contributed by atoms with Crippen molar-refractivity contribution in [3.63, 3.8) is 0 Å². The second-order valence-corrected chi connectivity index (χ2v) is 3.92. The predicted octanol–water partition coefficient (Wildman–Crippen LogP) is 3.89. The molecule has 1 N–H and O–H groups in total. The van der Waals surface area contributed by atoms with Gasteiger partial charge < -0.3 is 5.32 Å². The van der Waals surface area contributed by atoms with Crippen molar-refractivity contribution < 1.29 is 13.2 Å². The molecule has 0 heterocycles. The van der Waals surface area contributed by atoms with Gasteiger partial charge in [0.2, 0.25) is 0 Å². The van der Waals surface area contributed by atoms with Gasteiger partial charge in [-0.05, 0) is 32.2 Å². The van der Waals surface area contributed by atoms with Crippen LogP contribution in [-0.4, -0.2) is 18.8 Å². The number of halogens is 3. The van der Waals surface area contributed by atoms with Crippen LogP contribution >= 0.6 is 0 Å². The van der Waals surface area contributed by atoms with E-state index in [0.717, 1.165) is 19.3 Å². The summed E-state index contributed by atoms with van der Waals surface area (Å²) in [5, 5.41) is 3.29. The molecule has 0 aliphatic carbocycles. The molecule has 1 unspecified atom stereocenters. The molecule has 0 rings (SSSR count). The Bertz CT molecular complexity index is 145. The first-order chi connectivity index (χ1) is 6.99. The van der Waals surface area contributed by atoms with Crippen LogP contribution in [0.25, 0.3) is 0 Å². The van der Waals surface area contributed by atoms with E-state index in [4.69, 9.17) is 0 Å². The number of hydrogen-bond acceptors (Lipinski definition) is 1. The summed E-state index contributed by atoms with van der Waals surface area (Å²) in [4.78, 5) is 0. The van der Waals surface area contributed by atoms with Crippen LogP contribution in [0.3, 0.4) is 0 Å². The fourth-order valence-electron chi connectivity index (χ4n) is 1.56. The van der Waals surface area contributed by atoms with Crippen LogP contribution in [-0.2, 0) is 0 Å². The van der Waals surface area contributed by atoms with Crippen LogP contribution in [0.4, 0.5) is 13.2 Å². The molecular weight excluding hydrogens is 203 g/mol. The Kier molecular flexibility index (Phi) is 7.83.